The van der Waals surface area contributed by atoms with E-state index in [9.17, 15) is 9.90 Å². The zero-order valence-corrected chi connectivity index (χ0v) is 12.6. The van der Waals surface area contributed by atoms with Gasteiger partial charge in [-0.2, -0.15) is 0 Å². The van der Waals surface area contributed by atoms with E-state index in [1.807, 2.05) is 11.8 Å². The van der Waals surface area contributed by atoms with E-state index in [1.165, 1.54) is 0 Å². The Bertz CT molecular complexity index is 305. The minimum Gasteiger partial charge on any atom is -0.389 e. The summed E-state index contributed by atoms with van der Waals surface area (Å²) >= 11 is 0. The third kappa shape index (κ3) is 4.17. The van der Waals surface area contributed by atoms with Crippen LogP contribution in [0.1, 0.15) is 39.0 Å². The molecule has 116 valence electrons. The van der Waals surface area contributed by atoms with Crippen molar-refractivity contribution in [2.45, 2.75) is 51.2 Å². The van der Waals surface area contributed by atoms with Gasteiger partial charge < -0.3 is 14.7 Å². The van der Waals surface area contributed by atoms with E-state index in [4.69, 9.17) is 4.74 Å². The van der Waals surface area contributed by atoms with Crippen molar-refractivity contribution in [1.82, 2.24) is 9.80 Å². The Balaban J connectivity index is 1.88. The van der Waals surface area contributed by atoms with E-state index in [0.29, 0.717) is 19.8 Å². The van der Waals surface area contributed by atoms with Crippen LogP contribution >= 0.6 is 0 Å². The van der Waals surface area contributed by atoms with E-state index in [-0.39, 0.29) is 11.9 Å². The number of aliphatic hydroxyl groups excluding tert-OH is 1. The van der Waals surface area contributed by atoms with Crippen molar-refractivity contribution in [2.24, 2.45) is 0 Å². The lowest BCUT2D eigenvalue weighted by molar-refractivity contribution is -0.138. The number of piperidine rings is 1. The quantitative estimate of drug-likeness (QED) is 0.786. The first kappa shape index (κ1) is 15.7. The molecule has 2 heterocycles. The summed E-state index contributed by atoms with van der Waals surface area (Å²) in [4.78, 5) is 16.7. The average molecular weight is 284 g/mol. The first-order valence-corrected chi connectivity index (χ1v) is 8.01. The zero-order chi connectivity index (χ0) is 14.4. The largest absolute Gasteiger partial charge is 0.389 e. The number of carbonyl (C=O) groups excluding carboxylic acids is 1. The molecule has 2 atom stereocenters. The molecular formula is C15H28N2O3. The molecule has 5 heteroatoms. The van der Waals surface area contributed by atoms with Crippen LogP contribution in [0.15, 0.2) is 0 Å². The van der Waals surface area contributed by atoms with Gasteiger partial charge in [-0.15, -0.1) is 0 Å². The highest BCUT2D eigenvalue weighted by molar-refractivity contribution is 5.82. The van der Waals surface area contributed by atoms with Gasteiger partial charge in [0.15, 0.2) is 0 Å². The van der Waals surface area contributed by atoms with Crippen LogP contribution in [0.25, 0.3) is 0 Å². The van der Waals surface area contributed by atoms with Gasteiger partial charge in [-0.3, -0.25) is 9.69 Å². The first-order chi connectivity index (χ1) is 9.72. The van der Waals surface area contributed by atoms with Crippen LogP contribution < -0.4 is 0 Å². The number of rotatable bonds is 6. The molecule has 2 aliphatic heterocycles. The summed E-state index contributed by atoms with van der Waals surface area (Å²) in [6, 6.07) is -0.0295. The normalized spacial score (nSPS) is 25.9. The molecule has 2 rings (SSSR count). The Morgan fingerprint density at radius 1 is 1.25 bits per heavy atom. The molecule has 20 heavy (non-hydrogen) atoms. The summed E-state index contributed by atoms with van der Waals surface area (Å²) in [5.74, 6) is 0.269. The number of aliphatic hydroxyl groups is 1. The molecule has 0 spiro atoms. The molecule has 0 aliphatic carbocycles. The van der Waals surface area contributed by atoms with Crippen LogP contribution in [-0.2, 0) is 9.53 Å². The van der Waals surface area contributed by atoms with Gasteiger partial charge in [-0.1, -0.05) is 6.42 Å². The van der Waals surface area contributed by atoms with Gasteiger partial charge in [0, 0.05) is 26.2 Å². The van der Waals surface area contributed by atoms with E-state index in [1.54, 1.807) is 0 Å². The van der Waals surface area contributed by atoms with Crippen molar-refractivity contribution in [3.05, 3.63) is 0 Å². The van der Waals surface area contributed by atoms with Crippen LogP contribution in [0, 0.1) is 0 Å². The minimum atomic E-state index is -0.498. The van der Waals surface area contributed by atoms with Crippen LogP contribution in [0.2, 0.25) is 0 Å². The highest BCUT2D eigenvalue weighted by Gasteiger charge is 2.33. The molecular weight excluding hydrogens is 256 g/mol. The van der Waals surface area contributed by atoms with Gasteiger partial charge in [0.2, 0.25) is 5.91 Å². The van der Waals surface area contributed by atoms with Gasteiger partial charge >= 0.3 is 0 Å². The van der Waals surface area contributed by atoms with Crippen molar-refractivity contribution in [3.63, 3.8) is 0 Å². The van der Waals surface area contributed by atoms with E-state index >= 15 is 0 Å². The predicted octanol–water partition coefficient (Wildman–Crippen LogP) is 0.861. The second kappa shape index (κ2) is 7.96. The van der Waals surface area contributed by atoms with Crippen molar-refractivity contribution in [3.8, 4) is 0 Å². The Labute approximate surface area is 121 Å². The second-order valence-corrected chi connectivity index (χ2v) is 5.85. The zero-order valence-electron chi connectivity index (χ0n) is 12.6. The number of nitrogens with zero attached hydrogens (tertiary/aromatic N) is 2. The minimum absolute atomic E-state index is 0.0295. The maximum absolute atomic E-state index is 12.6. The molecule has 0 radical (unpaired) electrons. The van der Waals surface area contributed by atoms with Crippen molar-refractivity contribution < 1.29 is 14.6 Å². The third-order valence-corrected chi connectivity index (χ3v) is 4.28. The van der Waals surface area contributed by atoms with Gasteiger partial charge in [0.25, 0.3) is 0 Å². The number of amides is 1. The molecule has 2 fully saturated rings. The topological polar surface area (TPSA) is 53.0 Å². The Morgan fingerprint density at radius 3 is 2.65 bits per heavy atom. The fourth-order valence-corrected chi connectivity index (χ4v) is 3.21. The maximum Gasteiger partial charge on any atom is 0.239 e. The molecule has 1 N–H and O–H groups in total. The van der Waals surface area contributed by atoms with Gasteiger partial charge in [0.1, 0.15) is 0 Å². The lowest BCUT2D eigenvalue weighted by Gasteiger charge is -2.37. The Morgan fingerprint density at radius 2 is 1.95 bits per heavy atom. The van der Waals surface area contributed by atoms with Crippen molar-refractivity contribution >= 4 is 5.91 Å². The van der Waals surface area contributed by atoms with Crippen LogP contribution in [0.4, 0.5) is 0 Å². The smallest absolute Gasteiger partial charge is 0.239 e. The molecule has 0 aromatic carbocycles. The highest BCUT2D eigenvalue weighted by atomic mass is 16.5. The Kier molecular flexibility index (Phi) is 6.26. The average Bonchev–Trinajstić information content (AvgIpc) is 2.99. The molecule has 1 amide bonds. The first-order valence-electron chi connectivity index (χ1n) is 8.01. The summed E-state index contributed by atoms with van der Waals surface area (Å²) in [7, 11) is 0. The number of carbonyl (C=O) groups is 1. The SMILES string of the molecule is CCOC[C@@H](O)CN1CCCC[C@H]1C(=O)N1CCCC1. The fourth-order valence-electron chi connectivity index (χ4n) is 3.21. The number of hydrogen-bond donors (Lipinski definition) is 1. The fraction of sp³-hybridized carbons (Fsp3) is 0.933. The molecule has 0 unspecified atom stereocenters. The number of ether oxygens (including phenoxy) is 1. The van der Waals surface area contributed by atoms with E-state index in [0.717, 1.165) is 51.7 Å². The molecule has 0 saturated carbocycles. The van der Waals surface area contributed by atoms with Crippen molar-refractivity contribution in [1.29, 1.82) is 0 Å². The molecule has 0 aromatic heterocycles. The molecule has 2 saturated heterocycles. The second-order valence-electron chi connectivity index (χ2n) is 5.85. The molecule has 2 aliphatic rings. The summed E-state index contributed by atoms with van der Waals surface area (Å²) in [5, 5.41) is 10.0. The van der Waals surface area contributed by atoms with Gasteiger partial charge in [-0.25, -0.2) is 0 Å². The predicted molar refractivity (Wildman–Crippen MR) is 77.5 cm³/mol. The molecule has 0 aromatic rings. The monoisotopic (exact) mass is 284 g/mol. The standard InChI is InChI=1S/C15H28N2O3/c1-2-20-12-13(18)11-17-10-4-3-7-14(17)15(19)16-8-5-6-9-16/h13-14,18H,2-12H2,1H3/t13-,14-/m0/s1. The maximum atomic E-state index is 12.6. The summed E-state index contributed by atoms with van der Waals surface area (Å²) in [6.07, 6.45) is 4.92. The van der Waals surface area contributed by atoms with Gasteiger partial charge in [-0.05, 0) is 39.2 Å². The van der Waals surface area contributed by atoms with Gasteiger partial charge in [0.05, 0.1) is 18.8 Å². The third-order valence-electron chi connectivity index (χ3n) is 4.28. The molecule has 5 nitrogen and oxygen atoms in total. The van der Waals surface area contributed by atoms with Crippen LogP contribution in [-0.4, -0.2) is 72.4 Å². The number of likely N-dealkylation sites (tertiary alicyclic amines) is 2. The summed E-state index contributed by atoms with van der Waals surface area (Å²) in [6.45, 7) is 6.17. The number of β-amino-alcohol motifs (C(OH)–C–C–N with tert-alkyl or cyclic N) is 1. The lowest BCUT2D eigenvalue weighted by atomic mass is 10.0. The molecule has 0 bridgehead atoms. The van der Waals surface area contributed by atoms with Crippen LogP contribution in [0.5, 0.6) is 0 Å². The van der Waals surface area contributed by atoms with Crippen LogP contribution in [0.3, 0.4) is 0 Å². The highest BCUT2D eigenvalue weighted by Crippen LogP contribution is 2.21. The summed E-state index contributed by atoms with van der Waals surface area (Å²) in [5.41, 5.74) is 0. The summed E-state index contributed by atoms with van der Waals surface area (Å²) < 4.78 is 5.26. The number of hydrogen-bond acceptors (Lipinski definition) is 4. The lowest BCUT2D eigenvalue weighted by Crippen LogP contribution is -2.52. The Hall–Kier alpha value is -0.650. The van der Waals surface area contributed by atoms with Crippen molar-refractivity contribution in [2.75, 3.05) is 39.4 Å². The van der Waals surface area contributed by atoms with E-state index in [2.05, 4.69) is 4.90 Å². The van der Waals surface area contributed by atoms with E-state index < -0.39 is 6.10 Å².